The second-order valence-corrected chi connectivity index (χ2v) is 6.62. The Bertz CT molecular complexity index is 564. The Hall–Kier alpha value is -1.48. The first-order chi connectivity index (χ1) is 10.4. The number of nitrogens with zero attached hydrogens (tertiary/aromatic N) is 1. The van der Waals surface area contributed by atoms with Gasteiger partial charge in [-0.05, 0) is 50.0 Å². The average molecular weight is 322 g/mol. The molecule has 0 saturated heterocycles. The Morgan fingerprint density at radius 3 is 2.59 bits per heavy atom. The van der Waals surface area contributed by atoms with Gasteiger partial charge in [-0.3, -0.25) is 4.79 Å². The summed E-state index contributed by atoms with van der Waals surface area (Å²) in [5, 5.41) is 0.627. The Morgan fingerprint density at radius 1 is 1.36 bits per heavy atom. The van der Waals surface area contributed by atoms with Crippen LogP contribution in [0.2, 0.25) is 5.02 Å². The van der Waals surface area contributed by atoms with Gasteiger partial charge in [-0.1, -0.05) is 25.4 Å². The molecule has 120 valence electrons. The molecule has 0 spiro atoms. The van der Waals surface area contributed by atoms with Gasteiger partial charge in [-0.25, -0.2) is 0 Å². The van der Waals surface area contributed by atoms with Gasteiger partial charge in [0.25, 0.3) is 0 Å². The first-order valence-electron chi connectivity index (χ1n) is 7.78. The molecule has 1 unspecified atom stereocenters. The zero-order chi connectivity index (χ0) is 16.3. The summed E-state index contributed by atoms with van der Waals surface area (Å²) in [6.45, 7) is 6.42. The van der Waals surface area contributed by atoms with Gasteiger partial charge < -0.3 is 9.64 Å². The molecule has 0 radical (unpaired) electrons. The predicted octanol–water partition coefficient (Wildman–Crippen LogP) is 4.40. The molecule has 1 aromatic rings. The van der Waals surface area contributed by atoms with E-state index in [2.05, 4.69) is 20.8 Å². The van der Waals surface area contributed by atoms with Crippen LogP contribution in [0, 0.1) is 5.92 Å². The zero-order valence-corrected chi connectivity index (χ0v) is 14.4. The largest absolute Gasteiger partial charge is 0.496 e. The van der Waals surface area contributed by atoms with Crippen LogP contribution in [-0.4, -0.2) is 30.0 Å². The van der Waals surface area contributed by atoms with Crippen molar-refractivity contribution < 1.29 is 9.53 Å². The van der Waals surface area contributed by atoms with Gasteiger partial charge >= 0.3 is 0 Å². The van der Waals surface area contributed by atoms with Crippen molar-refractivity contribution >= 4 is 23.6 Å². The highest BCUT2D eigenvalue weighted by Gasteiger charge is 2.35. The maximum absolute atomic E-state index is 12.6. The molecule has 1 aliphatic carbocycles. The van der Waals surface area contributed by atoms with E-state index in [1.807, 2.05) is 11.0 Å². The lowest BCUT2D eigenvalue weighted by Gasteiger charge is -2.31. The van der Waals surface area contributed by atoms with E-state index in [0.29, 0.717) is 22.7 Å². The van der Waals surface area contributed by atoms with E-state index in [1.165, 1.54) is 0 Å². The van der Waals surface area contributed by atoms with Gasteiger partial charge in [0.2, 0.25) is 5.91 Å². The van der Waals surface area contributed by atoms with Gasteiger partial charge in [0.05, 0.1) is 7.11 Å². The summed E-state index contributed by atoms with van der Waals surface area (Å²) >= 11 is 6.02. The minimum Gasteiger partial charge on any atom is -0.496 e. The van der Waals surface area contributed by atoms with Crippen molar-refractivity contribution in [2.75, 3.05) is 7.11 Å². The van der Waals surface area contributed by atoms with Crippen LogP contribution in [0.5, 0.6) is 5.75 Å². The van der Waals surface area contributed by atoms with Gasteiger partial charge in [-0.2, -0.15) is 0 Å². The Labute approximate surface area is 137 Å². The summed E-state index contributed by atoms with van der Waals surface area (Å²) in [6, 6.07) is 6.03. The van der Waals surface area contributed by atoms with Crippen LogP contribution < -0.4 is 4.74 Å². The molecule has 2 rings (SSSR count). The molecular weight excluding hydrogens is 298 g/mol. The monoisotopic (exact) mass is 321 g/mol. The summed E-state index contributed by atoms with van der Waals surface area (Å²) in [7, 11) is 1.61. The minimum atomic E-state index is 0.0609. The highest BCUT2D eigenvalue weighted by Crippen LogP contribution is 2.31. The van der Waals surface area contributed by atoms with Crippen LogP contribution in [0.3, 0.4) is 0 Å². The van der Waals surface area contributed by atoms with Gasteiger partial charge in [0.1, 0.15) is 5.75 Å². The fourth-order valence-electron chi connectivity index (χ4n) is 2.47. The van der Waals surface area contributed by atoms with Crippen molar-refractivity contribution in [2.45, 2.75) is 45.7 Å². The summed E-state index contributed by atoms with van der Waals surface area (Å²) in [5.74, 6) is 1.22. The molecule has 1 amide bonds. The maximum Gasteiger partial charge on any atom is 0.247 e. The Kier molecular flexibility index (Phi) is 5.52. The van der Waals surface area contributed by atoms with E-state index in [0.717, 1.165) is 18.4 Å². The van der Waals surface area contributed by atoms with E-state index in [-0.39, 0.29) is 11.9 Å². The highest BCUT2D eigenvalue weighted by molar-refractivity contribution is 6.30. The smallest absolute Gasteiger partial charge is 0.247 e. The molecule has 0 heterocycles. The van der Waals surface area contributed by atoms with Crippen LogP contribution in [0.25, 0.3) is 6.08 Å². The first kappa shape index (κ1) is 16.9. The number of carbonyl (C=O) groups excluding carboxylic acids is 1. The third-order valence-electron chi connectivity index (χ3n) is 4.20. The third-order valence-corrected chi connectivity index (χ3v) is 4.43. The topological polar surface area (TPSA) is 29.5 Å². The van der Waals surface area contributed by atoms with Crippen molar-refractivity contribution in [1.29, 1.82) is 0 Å². The lowest BCUT2D eigenvalue weighted by molar-refractivity contribution is -0.129. The van der Waals surface area contributed by atoms with Crippen molar-refractivity contribution in [1.82, 2.24) is 4.90 Å². The molecule has 1 saturated carbocycles. The third kappa shape index (κ3) is 4.04. The van der Waals surface area contributed by atoms with Crippen molar-refractivity contribution in [2.24, 2.45) is 5.92 Å². The number of benzene rings is 1. The number of rotatable bonds is 6. The second-order valence-electron chi connectivity index (χ2n) is 6.18. The Balaban J connectivity index is 2.17. The molecule has 0 aromatic heterocycles. The molecule has 1 aliphatic rings. The van der Waals surface area contributed by atoms with E-state index >= 15 is 0 Å². The van der Waals surface area contributed by atoms with E-state index in [4.69, 9.17) is 16.3 Å². The van der Waals surface area contributed by atoms with Crippen molar-refractivity contribution in [3.63, 3.8) is 0 Å². The lowest BCUT2D eigenvalue weighted by atomic mass is 10.0. The Morgan fingerprint density at radius 2 is 2.05 bits per heavy atom. The van der Waals surface area contributed by atoms with Crippen LogP contribution in [-0.2, 0) is 4.79 Å². The molecule has 1 atom stereocenters. The van der Waals surface area contributed by atoms with Crippen LogP contribution in [0.1, 0.15) is 39.2 Å². The van der Waals surface area contributed by atoms with E-state index in [9.17, 15) is 4.79 Å². The number of hydrogen-bond donors (Lipinski definition) is 0. The quantitative estimate of drug-likeness (QED) is 0.727. The fourth-order valence-corrected chi connectivity index (χ4v) is 2.65. The average Bonchev–Trinajstić information content (AvgIpc) is 3.30. The molecule has 1 aromatic carbocycles. The molecule has 0 aliphatic heterocycles. The SMILES string of the molecule is COc1ccc(Cl)cc1/C=C/C(=O)N(C1CC1)C(C)C(C)C. The van der Waals surface area contributed by atoms with Crippen molar-refractivity contribution in [3.8, 4) is 5.75 Å². The van der Waals surface area contributed by atoms with E-state index in [1.54, 1.807) is 31.4 Å². The summed E-state index contributed by atoms with van der Waals surface area (Å²) in [6.07, 6.45) is 5.63. The van der Waals surface area contributed by atoms with Gasteiger partial charge in [0.15, 0.2) is 0 Å². The first-order valence-corrected chi connectivity index (χ1v) is 8.15. The highest BCUT2D eigenvalue weighted by atomic mass is 35.5. The lowest BCUT2D eigenvalue weighted by Crippen LogP contribution is -2.42. The molecular formula is C18H24ClNO2. The number of ether oxygens (including phenoxy) is 1. The number of carbonyl (C=O) groups is 1. The zero-order valence-electron chi connectivity index (χ0n) is 13.7. The minimum absolute atomic E-state index is 0.0609. The summed E-state index contributed by atoms with van der Waals surface area (Å²) in [5.41, 5.74) is 0.816. The van der Waals surface area contributed by atoms with Crippen LogP contribution >= 0.6 is 11.6 Å². The molecule has 4 heteroatoms. The van der Waals surface area contributed by atoms with Crippen LogP contribution in [0.4, 0.5) is 0 Å². The maximum atomic E-state index is 12.6. The van der Waals surface area contributed by atoms with Gasteiger partial charge in [-0.15, -0.1) is 0 Å². The van der Waals surface area contributed by atoms with Crippen LogP contribution in [0.15, 0.2) is 24.3 Å². The molecule has 1 fully saturated rings. The van der Waals surface area contributed by atoms with E-state index < -0.39 is 0 Å². The van der Waals surface area contributed by atoms with Crippen molar-refractivity contribution in [3.05, 3.63) is 34.9 Å². The molecule has 3 nitrogen and oxygen atoms in total. The standard InChI is InChI=1S/C18H24ClNO2/c1-12(2)13(3)20(16-7-8-16)18(21)10-5-14-11-15(19)6-9-17(14)22-4/h5-6,9-13,16H,7-8H2,1-4H3/b10-5+. The molecule has 0 bridgehead atoms. The number of halogens is 1. The van der Waals surface area contributed by atoms with Gasteiger partial charge in [0, 0.05) is 28.7 Å². The molecule has 22 heavy (non-hydrogen) atoms. The molecule has 0 N–H and O–H groups in total. The fraction of sp³-hybridized carbons (Fsp3) is 0.500. The summed E-state index contributed by atoms with van der Waals surface area (Å²) in [4.78, 5) is 14.6. The summed E-state index contributed by atoms with van der Waals surface area (Å²) < 4.78 is 5.30. The number of methoxy groups -OCH3 is 1. The number of amides is 1. The second kappa shape index (κ2) is 7.19. The normalized spacial score (nSPS) is 16.1. The predicted molar refractivity (Wildman–Crippen MR) is 91.2 cm³/mol. The number of hydrogen-bond acceptors (Lipinski definition) is 2.